The van der Waals surface area contributed by atoms with Crippen LogP contribution in [-0.4, -0.2) is 41.1 Å². The number of benzene rings is 1. The molecular weight excluding hydrogens is 366 g/mol. The van der Waals surface area contributed by atoms with Gasteiger partial charge in [-0.3, -0.25) is 0 Å². The van der Waals surface area contributed by atoms with Gasteiger partial charge in [-0.15, -0.1) is 0 Å². The number of thioether (sulfide) groups is 1. The standard InChI is InChI=1S/C19H25N3O2S2/c1-16-3-5-17(6-4-16)9-14-26(23,24)22-11-7-18(8-12-22)15-25-19-20-10-13-21(19)2/h3-6,9-10,13-14,18H,7-8,11-12,15H2,1-2H3/b14-9+. The molecule has 2 heterocycles. The summed E-state index contributed by atoms with van der Waals surface area (Å²) in [6.07, 6.45) is 7.22. The first-order valence-electron chi connectivity index (χ1n) is 8.79. The third-order valence-corrected chi connectivity index (χ3v) is 7.52. The van der Waals surface area contributed by atoms with Crippen LogP contribution in [0.4, 0.5) is 0 Å². The predicted octanol–water partition coefficient (Wildman–Crippen LogP) is 3.53. The average molecular weight is 392 g/mol. The van der Waals surface area contributed by atoms with Crippen LogP contribution >= 0.6 is 11.8 Å². The van der Waals surface area contributed by atoms with E-state index in [-0.39, 0.29) is 0 Å². The monoisotopic (exact) mass is 391 g/mol. The second kappa shape index (κ2) is 8.41. The largest absolute Gasteiger partial charge is 0.329 e. The van der Waals surface area contributed by atoms with Crippen LogP contribution in [0.5, 0.6) is 0 Å². The zero-order valence-electron chi connectivity index (χ0n) is 15.2. The Bertz CT molecular complexity index is 849. The highest BCUT2D eigenvalue weighted by Gasteiger charge is 2.26. The van der Waals surface area contributed by atoms with Gasteiger partial charge >= 0.3 is 0 Å². The first-order valence-corrected chi connectivity index (χ1v) is 11.3. The van der Waals surface area contributed by atoms with Crippen LogP contribution in [0.2, 0.25) is 0 Å². The van der Waals surface area contributed by atoms with E-state index in [0.29, 0.717) is 19.0 Å². The van der Waals surface area contributed by atoms with Gasteiger partial charge in [0.25, 0.3) is 0 Å². The molecular formula is C19H25N3O2S2. The highest BCUT2D eigenvalue weighted by molar-refractivity contribution is 7.99. The Morgan fingerprint density at radius 2 is 1.92 bits per heavy atom. The van der Waals surface area contributed by atoms with Crippen LogP contribution in [0.15, 0.2) is 47.2 Å². The Labute approximate surface area is 160 Å². The summed E-state index contributed by atoms with van der Waals surface area (Å²) in [5, 5.41) is 2.35. The molecule has 0 radical (unpaired) electrons. The Morgan fingerprint density at radius 1 is 1.23 bits per heavy atom. The van der Waals surface area contributed by atoms with Gasteiger partial charge in [0.15, 0.2) is 5.16 Å². The molecule has 0 unspecified atom stereocenters. The van der Waals surface area contributed by atoms with Gasteiger partial charge in [-0.2, -0.15) is 4.31 Å². The molecule has 1 aromatic carbocycles. The number of aryl methyl sites for hydroxylation is 2. The molecule has 0 saturated carbocycles. The van der Waals surface area contributed by atoms with Crippen molar-refractivity contribution >= 4 is 27.9 Å². The van der Waals surface area contributed by atoms with Gasteiger partial charge in [-0.05, 0) is 37.3 Å². The molecule has 1 saturated heterocycles. The molecule has 1 aliphatic rings. The molecule has 1 aliphatic heterocycles. The Hall–Kier alpha value is -1.57. The van der Waals surface area contributed by atoms with Gasteiger partial charge in [0.2, 0.25) is 10.0 Å². The second-order valence-corrected chi connectivity index (χ2v) is 9.54. The summed E-state index contributed by atoms with van der Waals surface area (Å²) in [7, 11) is -1.36. The fraction of sp³-hybridized carbons (Fsp3) is 0.421. The Kier molecular flexibility index (Phi) is 6.21. The minimum atomic E-state index is -3.35. The number of imidazole rings is 1. The van der Waals surface area contributed by atoms with Crippen molar-refractivity contribution in [1.29, 1.82) is 0 Å². The average Bonchev–Trinajstić information content (AvgIpc) is 3.05. The zero-order chi connectivity index (χ0) is 18.6. The zero-order valence-corrected chi connectivity index (χ0v) is 16.8. The van der Waals surface area contributed by atoms with E-state index < -0.39 is 10.0 Å². The highest BCUT2D eigenvalue weighted by Crippen LogP contribution is 2.26. The molecule has 0 spiro atoms. The number of nitrogens with zero attached hydrogens (tertiary/aromatic N) is 3. The fourth-order valence-corrected chi connectivity index (χ4v) is 5.28. The van der Waals surface area contributed by atoms with E-state index in [9.17, 15) is 8.42 Å². The van der Waals surface area contributed by atoms with Crippen molar-refractivity contribution in [2.75, 3.05) is 18.8 Å². The van der Waals surface area contributed by atoms with Gasteiger partial charge in [-0.1, -0.05) is 41.6 Å². The van der Waals surface area contributed by atoms with Crippen LogP contribution in [-0.2, 0) is 17.1 Å². The van der Waals surface area contributed by atoms with Crippen LogP contribution in [0.25, 0.3) is 6.08 Å². The SMILES string of the molecule is Cc1ccc(/C=C/S(=O)(=O)N2CCC(CSc3nccn3C)CC2)cc1. The van der Waals surface area contributed by atoms with Gasteiger partial charge in [0, 0.05) is 43.7 Å². The number of sulfonamides is 1. The van der Waals surface area contributed by atoms with Crippen molar-refractivity contribution in [1.82, 2.24) is 13.9 Å². The fourth-order valence-electron chi connectivity index (χ4n) is 2.94. The third-order valence-electron chi connectivity index (χ3n) is 4.67. The molecule has 0 bridgehead atoms. The molecule has 0 amide bonds. The van der Waals surface area contributed by atoms with Crippen LogP contribution in [0.1, 0.15) is 24.0 Å². The molecule has 140 valence electrons. The maximum atomic E-state index is 12.5. The van der Waals surface area contributed by atoms with Gasteiger partial charge in [0.05, 0.1) is 0 Å². The summed E-state index contributed by atoms with van der Waals surface area (Å²) < 4.78 is 28.7. The van der Waals surface area contributed by atoms with Gasteiger partial charge in [-0.25, -0.2) is 13.4 Å². The molecule has 0 N–H and O–H groups in total. The van der Waals surface area contributed by atoms with E-state index in [1.165, 1.54) is 5.41 Å². The lowest BCUT2D eigenvalue weighted by Gasteiger charge is -2.30. The van der Waals surface area contributed by atoms with Crippen LogP contribution in [0.3, 0.4) is 0 Å². The Morgan fingerprint density at radius 3 is 2.54 bits per heavy atom. The summed E-state index contributed by atoms with van der Waals surface area (Å²) in [4.78, 5) is 4.32. The van der Waals surface area contributed by atoms with Crippen molar-refractivity contribution in [2.45, 2.75) is 24.9 Å². The van der Waals surface area contributed by atoms with Crippen LogP contribution in [0, 0.1) is 12.8 Å². The topological polar surface area (TPSA) is 55.2 Å². The highest BCUT2D eigenvalue weighted by atomic mass is 32.2. The van der Waals surface area contributed by atoms with E-state index in [1.54, 1.807) is 28.3 Å². The molecule has 7 heteroatoms. The summed E-state index contributed by atoms with van der Waals surface area (Å²) in [5.74, 6) is 1.52. The van der Waals surface area contributed by atoms with E-state index in [2.05, 4.69) is 4.98 Å². The van der Waals surface area contributed by atoms with Crippen molar-refractivity contribution < 1.29 is 8.42 Å². The number of aromatic nitrogens is 2. The van der Waals surface area contributed by atoms with Crippen molar-refractivity contribution in [2.24, 2.45) is 13.0 Å². The Balaban J connectivity index is 1.51. The summed E-state index contributed by atoms with van der Waals surface area (Å²) in [6, 6.07) is 7.83. The number of rotatable bonds is 6. The lowest BCUT2D eigenvalue weighted by Crippen LogP contribution is -2.37. The van der Waals surface area contributed by atoms with Gasteiger partial charge < -0.3 is 4.57 Å². The number of piperidine rings is 1. The molecule has 26 heavy (non-hydrogen) atoms. The smallest absolute Gasteiger partial charge is 0.236 e. The van der Waals surface area contributed by atoms with E-state index in [1.807, 2.05) is 49.0 Å². The first-order chi connectivity index (χ1) is 12.4. The normalized spacial score (nSPS) is 17.2. The lowest BCUT2D eigenvalue weighted by atomic mass is 10.0. The van der Waals surface area contributed by atoms with E-state index in [0.717, 1.165) is 34.9 Å². The number of hydrogen-bond acceptors (Lipinski definition) is 4. The minimum Gasteiger partial charge on any atom is -0.329 e. The van der Waals surface area contributed by atoms with Crippen molar-refractivity contribution in [3.63, 3.8) is 0 Å². The van der Waals surface area contributed by atoms with E-state index >= 15 is 0 Å². The molecule has 0 atom stereocenters. The molecule has 1 aromatic heterocycles. The third kappa shape index (κ3) is 4.99. The minimum absolute atomic E-state index is 0.532. The maximum absolute atomic E-state index is 12.5. The summed E-state index contributed by atoms with van der Waals surface area (Å²) in [5.41, 5.74) is 2.07. The predicted molar refractivity (Wildman–Crippen MR) is 107 cm³/mol. The summed E-state index contributed by atoms with van der Waals surface area (Å²) in [6.45, 7) is 3.19. The molecule has 0 aliphatic carbocycles. The molecule has 3 rings (SSSR count). The maximum Gasteiger partial charge on any atom is 0.236 e. The lowest BCUT2D eigenvalue weighted by molar-refractivity contribution is 0.293. The van der Waals surface area contributed by atoms with Crippen molar-refractivity contribution in [3.8, 4) is 0 Å². The first kappa shape index (κ1) is 19.2. The summed E-state index contributed by atoms with van der Waals surface area (Å²) >= 11 is 1.75. The molecule has 2 aromatic rings. The second-order valence-electron chi connectivity index (χ2n) is 6.73. The molecule has 5 nitrogen and oxygen atoms in total. The van der Waals surface area contributed by atoms with Gasteiger partial charge in [0.1, 0.15) is 0 Å². The van der Waals surface area contributed by atoms with E-state index in [4.69, 9.17) is 0 Å². The quantitative estimate of drug-likeness (QED) is 0.707. The molecule has 1 fully saturated rings. The number of hydrogen-bond donors (Lipinski definition) is 0. The van der Waals surface area contributed by atoms with Crippen molar-refractivity contribution in [3.05, 3.63) is 53.2 Å². The van der Waals surface area contributed by atoms with Crippen LogP contribution < -0.4 is 0 Å².